The van der Waals surface area contributed by atoms with E-state index in [2.05, 4.69) is 5.32 Å². The molecule has 224 valence electrons. The molecule has 0 radical (unpaired) electrons. The van der Waals surface area contributed by atoms with Crippen LogP contribution in [0.15, 0.2) is 83.8 Å². The molecule has 0 saturated heterocycles. The summed E-state index contributed by atoms with van der Waals surface area (Å²) in [5, 5.41) is 3.21. The Labute approximate surface area is 249 Å². The lowest BCUT2D eigenvalue weighted by Gasteiger charge is -2.34. The average Bonchev–Trinajstić information content (AvgIpc) is 3.00. The summed E-state index contributed by atoms with van der Waals surface area (Å²) in [6.07, 6.45) is 5.38. The Morgan fingerprint density at radius 2 is 1.60 bits per heavy atom. The number of hydrogen-bond donors (Lipinski definition) is 1. The second-order valence-electron chi connectivity index (χ2n) is 11.0. The third kappa shape index (κ3) is 8.20. The summed E-state index contributed by atoms with van der Waals surface area (Å²) in [6, 6.07) is 22.7. The molecule has 1 saturated carbocycles. The van der Waals surface area contributed by atoms with E-state index in [-0.39, 0.29) is 23.4 Å². The molecular weight excluding hydrogens is 550 g/mol. The van der Waals surface area contributed by atoms with Gasteiger partial charge in [0.2, 0.25) is 21.8 Å². The van der Waals surface area contributed by atoms with Gasteiger partial charge in [-0.25, -0.2) is 8.42 Å². The number of benzene rings is 3. The van der Waals surface area contributed by atoms with E-state index < -0.39 is 28.5 Å². The molecule has 8 nitrogen and oxygen atoms in total. The van der Waals surface area contributed by atoms with Crippen LogP contribution in [0.2, 0.25) is 0 Å². The zero-order valence-electron chi connectivity index (χ0n) is 24.7. The number of sulfonamides is 1. The van der Waals surface area contributed by atoms with E-state index in [1.807, 2.05) is 61.5 Å². The van der Waals surface area contributed by atoms with Crippen LogP contribution >= 0.6 is 0 Å². The van der Waals surface area contributed by atoms with Crippen molar-refractivity contribution in [2.75, 3.05) is 20.7 Å². The van der Waals surface area contributed by atoms with Crippen LogP contribution < -0.4 is 10.1 Å². The Kier molecular flexibility index (Phi) is 10.8. The second kappa shape index (κ2) is 14.5. The number of ether oxygens (including phenoxy) is 1. The molecule has 1 atom stereocenters. The van der Waals surface area contributed by atoms with Crippen molar-refractivity contribution < 1.29 is 22.7 Å². The van der Waals surface area contributed by atoms with Crippen molar-refractivity contribution in [2.45, 2.75) is 69.0 Å². The Morgan fingerprint density at radius 3 is 2.26 bits per heavy atom. The monoisotopic (exact) mass is 591 g/mol. The molecule has 0 bridgehead atoms. The molecule has 1 aliphatic rings. The van der Waals surface area contributed by atoms with Crippen LogP contribution in [0.4, 0.5) is 0 Å². The van der Waals surface area contributed by atoms with Gasteiger partial charge in [0.1, 0.15) is 11.8 Å². The highest BCUT2D eigenvalue weighted by Gasteiger charge is 2.34. The lowest BCUT2D eigenvalue weighted by molar-refractivity contribution is -0.141. The fourth-order valence-corrected chi connectivity index (χ4v) is 6.44. The maximum atomic E-state index is 14.1. The topological polar surface area (TPSA) is 96.0 Å². The van der Waals surface area contributed by atoms with Gasteiger partial charge in [0, 0.05) is 26.1 Å². The fourth-order valence-electron chi connectivity index (χ4n) is 5.32. The van der Waals surface area contributed by atoms with E-state index in [1.165, 1.54) is 24.1 Å². The minimum atomic E-state index is -3.93. The molecule has 1 unspecified atom stereocenters. The summed E-state index contributed by atoms with van der Waals surface area (Å²) in [4.78, 5) is 29.7. The van der Waals surface area contributed by atoms with E-state index in [1.54, 1.807) is 19.2 Å². The molecule has 2 amide bonds. The second-order valence-corrected chi connectivity index (χ2v) is 13.0. The van der Waals surface area contributed by atoms with Gasteiger partial charge in [0.05, 0.1) is 18.6 Å². The number of methoxy groups -OCH3 is 1. The van der Waals surface area contributed by atoms with Gasteiger partial charge in [-0.3, -0.25) is 9.59 Å². The molecule has 4 rings (SSSR count). The SMILES string of the molecule is COc1cccc(CN(C(=O)CN(C)S(=O)(=O)c2ccc(C)cc2)C(Cc2ccccc2)C(=O)NC2CCCCC2)c1. The van der Waals surface area contributed by atoms with Crippen LogP contribution in [0.3, 0.4) is 0 Å². The smallest absolute Gasteiger partial charge is 0.243 e. The van der Waals surface area contributed by atoms with Crippen LogP contribution in [-0.4, -0.2) is 62.2 Å². The quantitative estimate of drug-likeness (QED) is 0.329. The van der Waals surface area contributed by atoms with Crippen molar-refractivity contribution >= 4 is 21.8 Å². The van der Waals surface area contributed by atoms with E-state index in [9.17, 15) is 18.0 Å². The van der Waals surface area contributed by atoms with Crippen molar-refractivity contribution in [3.05, 3.63) is 95.6 Å². The zero-order chi connectivity index (χ0) is 30.1. The standard InChI is InChI=1S/C33H41N3O5S/c1-25-17-19-30(20-18-25)42(39,40)35(2)24-32(37)36(23-27-13-10-16-29(21-27)41-3)31(22-26-11-6-4-7-12-26)33(38)34-28-14-8-5-9-15-28/h4,6-7,10-13,16-21,28,31H,5,8-9,14-15,22-24H2,1-3H3,(H,34,38). The largest absolute Gasteiger partial charge is 0.497 e. The summed E-state index contributed by atoms with van der Waals surface area (Å²) in [6.45, 7) is 1.58. The molecule has 3 aromatic rings. The van der Waals surface area contributed by atoms with Crippen LogP contribution in [-0.2, 0) is 32.6 Å². The predicted molar refractivity (Wildman–Crippen MR) is 163 cm³/mol. The first-order valence-corrected chi connectivity index (χ1v) is 15.9. The van der Waals surface area contributed by atoms with E-state index in [4.69, 9.17) is 4.74 Å². The Balaban J connectivity index is 1.67. The molecule has 42 heavy (non-hydrogen) atoms. The number of hydrogen-bond acceptors (Lipinski definition) is 5. The maximum absolute atomic E-state index is 14.1. The molecule has 9 heteroatoms. The summed E-state index contributed by atoms with van der Waals surface area (Å²) in [7, 11) is -0.964. The normalized spacial score (nSPS) is 14.8. The lowest BCUT2D eigenvalue weighted by Crippen LogP contribution is -2.54. The van der Waals surface area contributed by atoms with Crippen molar-refractivity contribution in [1.82, 2.24) is 14.5 Å². The minimum Gasteiger partial charge on any atom is -0.497 e. The molecule has 1 N–H and O–H groups in total. The van der Waals surface area contributed by atoms with Crippen molar-refractivity contribution in [3.63, 3.8) is 0 Å². The lowest BCUT2D eigenvalue weighted by atomic mass is 9.94. The molecule has 1 aliphatic carbocycles. The van der Waals surface area contributed by atoms with Gasteiger partial charge < -0.3 is 15.0 Å². The molecular formula is C33H41N3O5S. The third-order valence-electron chi connectivity index (χ3n) is 7.80. The Hall–Kier alpha value is -3.69. The van der Waals surface area contributed by atoms with Crippen molar-refractivity contribution in [1.29, 1.82) is 0 Å². The fraction of sp³-hybridized carbons (Fsp3) is 0.394. The van der Waals surface area contributed by atoms with Crippen molar-refractivity contribution in [3.8, 4) is 5.75 Å². The van der Waals surface area contributed by atoms with Gasteiger partial charge in [0.15, 0.2) is 0 Å². The summed E-state index contributed by atoms with van der Waals surface area (Å²) in [5.74, 6) is -0.0630. The highest BCUT2D eigenvalue weighted by Crippen LogP contribution is 2.22. The van der Waals surface area contributed by atoms with E-state index in [0.717, 1.165) is 53.1 Å². The van der Waals surface area contributed by atoms with E-state index >= 15 is 0 Å². The number of nitrogens with zero attached hydrogens (tertiary/aromatic N) is 2. The zero-order valence-corrected chi connectivity index (χ0v) is 25.5. The molecule has 0 aliphatic heterocycles. The Morgan fingerprint density at radius 1 is 0.929 bits per heavy atom. The van der Waals surface area contributed by atoms with Crippen molar-refractivity contribution in [2.24, 2.45) is 0 Å². The summed E-state index contributed by atoms with van der Waals surface area (Å²) < 4.78 is 33.2. The predicted octanol–water partition coefficient (Wildman–Crippen LogP) is 4.71. The van der Waals surface area contributed by atoms with Gasteiger partial charge in [-0.05, 0) is 55.2 Å². The molecule has 3 aromatic carbocycles. The maximum Gasteiger partial charge on any atom is 0.243 e. The average molecular weight is 592 g/mol. The van der Waals surface area contributed by atoms with Gasteiger partial charge in [-0.1, -0.05) is 79.4 Å². The van der Waals surface area contributed by atoms with Crippen LogP contribution in [0.1, 0.15) is 48.8 Å². The van der Waals surface area contributed by atoms with Gasteiger partial charge in [0.25, 0.3) is 0 Å². The minimum absolute atomic E-state index is 0.0582. The number of nitrogens with one attached hydrogen (secondary N) is 1. The first-order chi connectivity index (χ1) is 20.2. The summed E-state index contributed by atoms with van der Waals surface area (Å²) in [5.41, 5.74) is 2.62. The van der Waals surface area contributed by atoms with Gasteiger partial charge in [-0.2, -0.15) is 4.31 Å². The third-order valence-corrected chi connectivity index (χ3v) is 9.61. The first-order valence-electron chi connectivity index (χ1n) is 14.5. The van der Waals surface area contributed by atoms with Gasteiger partial charge in [-0.15, -0.1) is 0 Å². The molecule has 0 aromatic heterocycles. The number of carbonyl (C=O) groups excluding carboxylic acids is 2. The summed E-state index contributed by atoms with van der Waals surface area (Å²) >= 11 is 0. The highest BCUT2D eigenvalue weighted by atomic mass is 32.2. The van der Waals surface area contributed by atoms with Gasteiger partial charge >= 0.3 is 0 Å². The number of rotatable bonds is 12. The number of likely N-dealkylation sites (N-methyl/N-ethyl adjacent to an activating group) is 1. The molecule has 0 spiro atoms. The number of carbonyl (C=O) groups is 2. The highest BCUT2D eigenvalue weighted by molar-refractivity contribution is 7.89. The van der Waals surface area contributed by atoms with E-state index in [0.29, 0.717) is 12.2 Å². The number of amides is 2. The first kappa shape index (κ1) is 31.3. The Bertz CT molecular complexity index is 1440. The van der Waals surface area contributed by atoms with Crippen LogP contribution in [0, 0.1) is 6.92 Å². The molecule has 1 fully saturated rings. The molecule has 0 heterocycles. The number of aryl methyl sites for hydroxylation is 1. The van der Waals surface area contributed by atoms with Crippen LogP contribution in [0.25, 0.3) is 0 Å². The van der Waals surface area contributed by atoms with Crippen LogP contribution in [0.5, 0.6) is 5.75 Å².